The largest absolute Gasteiger partial charge is 0.493 e. The minimum Gasteiger partial charge on any atom is -0.493 e. The van der Waals surface area contributed by atoms with Crippen LogP contribution in [0, 0.1) is 0 Å². The zero-order valence-electron chi connectivity index (χ0n) is 21.1. The van der Waals surface area contributed by atoms with Crippen LogP contribution in [0.15, 0.2) is 90.0 Å². The number of nitrogens with zero attached hydrogens (tertiary/aromatic N) is 3. The van der Waals surface area contributed by atoms with Crippen molar-refractivity contribution < 1.29 is 9.53 Å². The zero-order chi connectivity index (χ0) is 25.5. The fourth-order valence-corrected chi connectivity index (χ4v) is 5.25. The number of hydrogen-bond donors (Lipinski definition) is 1. The molecule has 1 fully saturated rings. The van der Waals surface area contributed by atoms with Crippen LogP contribution in [0.2, 0.25) is 0 Å². The van der Waals surface area contributed by atoms with E-state index in [1.165, 1.54) is 17.5 Å². The molecule has 0 aliphatic carbocycles. The zero-order valence-corrected chi connectivity index (χ0v) is 21.9. The van der Waals surface area contributed by atoms with Gasteiger partial charge in [0.05, 0.1) is 17.0 Å². The van der Waals surface area contributed by atoms with Crippen LogP contribution in [0.25, 0.3) is 10.9 Å². The molecule has 1 N–H and O–H groups in total. The molecule has 0 atom stereocenters. The van der Waals surface area contributed by atoms with Crippen molar-refractivity contribution >= 4 is 34.4 Å². The predicted octanol–water partition coefficient (Wildman–Crippen LogP) is 6.10. The van der Waals surface area contributed by atoms with Crippen LogP contribution in [-0.2, 0) is 6.54 Å². The standard InChI is InChI=1S/C30H32N4O2S/c1-2-21-36-27-10-4-3-7-25(27)22-33-17-19-34(20-18-33)30(35)24-12-14-26(15-13-24)32-37-28-11-5-8-23-9-6-16-31-29(23)28/h3-16,32H,2,17-22H2,1H3. The summed E-state index contributed by atoms with van der Waals surface area (Å²) >= 11 is 1.53. The Bertz CT molecular complexity index is 1330. The second-order valence-corrected chi connectivity index (χ2v) is 9.99. The van der Waals surface area contributed by atoms with E-state index in [0.29, 0.717) is 5.56 Å². The molecular weight excluding hydrogens is 480 g/mol. The first-order valence-electron chi connectivity index (χ1n) is 12.8. The molecule has 2 heterocycles. The molecule has 4 aromatic rings. The number of ether oxygens (including phenoxy) is 1. The lowest BCUT2D eigenvalue weighted by Gasteiger charge is -2.35. The number of rotatable bonds is 9. The molecule has 3 aromatic carbocycles. The Hall–Kier alpha value is -3.55. The van der Waals surface area contributed by atoms with E-state index in [-0.39, 0.29) is 5.91 Å². The molecule has 5 rings (SSSR count). The fourth-order valence-electron chi connectivity index (χ4n) is 4.47. The molecule has 7 heteroatoms. The molecule has 1 amide bonds. The van der Waals surface area contributed by atoms with Gasteiger partial charge in [0.15, 0.2) is 0 Å². The Labute approximate surface area is 222 Å². The van der Waals surface area contributed by atoms with Crippen LogP contribution in [0.4, 0.5) is 5.69 Å². The molecule has 1 aliphatic rings. The van der Waals surface area contributed by atoms with E-state index in [0.717, 1.165) is 73.0 Å². The van der Waals surface area contributed by atoms with E-state index >= 15 is 0 Å². The number of nitrogens with one attached hydrogen (secondary N) is 1. The van der Waals surface area contributed by atoms with E-state index in [9.17, 15) is 4.79 Å². The molecule has 0 spiro atoms. The first-order chi connectivity index (χ1) is 18.2. The second-order valence-electron chi connectivity index (χ2n) is 9.14. The van der Waals surface area contributed by atoms with Gasteiger partial charge in [-0.1, -0.05) is 43.3 Å². The third-order valence-corrected chi connectivity index (χ3v) is 7.38. The highest BCUT2D eigenvalue weighted by Crippen LogP contribution is 2.28. The van der Waals surface area contributed by atoms with E-state index in [1.54, 1.807) is 0 Å². The maximum atomic E-state index is 13.1. The SMILES string of the molecule is CCCOc1ccccc1CN1CCN(C(=O)c2ccc(NSc3cccc4cccnc34)cc2)CC1. The number of benzene rings is 3. The van der Waals surface area contributed by atoms with Gasteiger partial charge in [0.25, 0.3) is 5.91 Å². The number of para-hydroxylation sites is 2. The van der Waals surface area contributed by atoms with Gasteiger partial charge in [0.2, 0.25) is 0 Å². The predicted molar refractivity (Wildman–Crippen MR) is 151 cm³/mol. The van der Waals surface area contributed by atoms with E-state index < -0.39 is 0 Å². The third-order valence-electron chi connectivity index (χ3n) is 6.49. The van der Waals surface area contributed by atoms with E-state index in [4.69, 9.17) is 4.74 Å². The van der Waals surface area contributed by atoms with Gasteiger partial charge in [-0.15, -0.1) is 0 Å². The topological polar surface area (TPSA) is 57.7 Å². The van der Waals surface area contributed by atoms with Gasteiger partial charge in [0, 0.05) is 61.1 Å². The van der Waals surface area contributed by atoms with Crippen molar-refractivity contribution in [2.45, 2.75) is 24.8 Å². The summed E-state index contributed by atoms with van der Waals surface area (Å²) in [5.74, 6) is 1.05. The van der Waals surface area contributed by atoms with Crippen molar-refractivity contribution in [3.63, 3.8) is 0 Å². The Kier molecular flexibility index (Phi) is 8.23. The monoisotopic (exact) mass is 512 g/mol. The number of aromatic nitrogens is 1. The van der Waals surface area contributed by atoms with Crippen molar-refractivity contribution in [3.8, 4) is 5.75 Å². The molecular formula is C30H32N4O2S. The van der Waals surface area contributed by atoms with Gasteiger partial charge < -0.3 is 14.4 Å². The molecule has 190 valence electrons. The van der Waals surface area contributed by atoms with Crippen LogP contribution >= 0.6 is 11.9 Å². The highest BCUT2D eigenvalue weighted by Gasteiger charge is 2.23. The van der Waals surface area contributed by atoms with Crippen LogP contribution in [0.5, 0.6) is 5.75 Å². The summed E-state index contributed by atoms with van der Waals surface area (Å²) in [5, 5.41) is 1.12. The molecule has 1 saturated heterocycles. The molecule has 0 saturated carbocycles. The Morgan fingerprint density at radius 3 is 2.54 bits per heavy atom. The highest BCUT2D eigenvalue weighted by molar-refractivity contribution is 8.00. The van der Waals surface area contributed by atoms with Gasteiger partial charge in [-0.25, -0.2) is 0 Å². The Morgan fingerprint density at radius 1 is 0.946 bits per heavy atom. The van der Waals surface area contributed by atoms with Gasteiger partial charge >= 0.3 is 0 Å². The van der Waals surface area contributed by atoms with Gasteiger partial charge in [-0.3, -0.25) is 14.7 Å². The average molecular weight is 513 g/mol. The van der Waals surface area contributed by atoms with Crippen LogP contribution in [0.1, 0.15) is 29.3 Å². The molecule has 37 heavy (non-hydrogen) atoms. The molecule has 6 nitrogen and oxygen atoms in total. The molecule has 0 radical (unpaired) electrons. The number of fused-ring (bicyclic) bond motifs is 1. The van der Waals surface area contributed by atoms with Crippen molar-refractivity contribution in [2.24, 2.45) is 0 Å². The summed E-state index contributed by atoms with van der Waals surface area (Å²) < 4.78 is 9.29. The van der Waals surface area contributed by atoms with Gasteiger partial charge in [0.1, 0.15) is 5.75 Å². The summed E-state index contributed by atoms with van der Waals surface area (Å²) in [6.45, 7) is 6.83. The smallest absolute Gasteiger partial charge is 0.253 e. The van der Waals surface area contributed by atoms with Crippen LogP contribution in [-0.4, -0.2) is 53.5 Å². The fraction of sp³-hybridized carbons (Fsp3) is 0.267. The number of piperazine rings is 1. The van der Waals surface area contributed by atoms with Crippen molar-refractivity contribution in [1.29, 1.82) is 0 Å². The summed E-state index contributed by atoms with van der Waals surface area (Å²) in [5.41, 5.74) is 3.85. The molecule has 0 unspecified atom stereocenters. The van der Waals surface area contributed by atoms with Crippen molar-refractivity contribution in [2.75, 3.05) is 37.5 Å². The lowest BCUT2D eigenvalue weighted by atomic mass is 10.1. The third kappa shape index (κ3) is 6.24. The van der Waals surface area contributed by atoms with Crippen LogP contribution in [0.3, 0.4) is 0 Å². The number of carbonyl (C=O) groups excluding carboxylic acids is 1. The average Bonchev–Trinajstić information content (AvgIpc) is 2.96. The second kappa shape index (κ2) is 12.1. The summed E-state index contributed by atoms with van der Waals surface area (Å²) in [4.78, 5) is 23.0. The maximum absolute atomic E-state index is 13.1. The molecule has 0 bridgehead atoms. The Morgan fingerprint density at radius 2 is 1.73 bits per heavy atom. The quantitative estimate of drug-likeness (QED) is 0.274. The number of anilines is 1. The summed E-state index contributed by atoms with van der Waals surface area (Å²) in [6.07, 6.45) is 2.81. The number of amides is 1. The Balaban J connectivity index is 1.14. The molecule has 1 aliphatic heterocycles. The lowest BCUT2D eigenvalue weighted by Crippen LogP contribution is -2.48. The minimum absolute atomic E-state index is 0.0868. The minimum atomic E-state index is 0.0868. The first-order valence-corrected chi connectivity index (χ1v) is 13.6. The van der Waals surface area contributed by atoms with Crippen molar-refractivity contribution in [3.05, 3.63) is 96.2 Å². The van der Waals surface area contributed by atoms with E-state index in [2.05, 4.69) is 51.9 Å². The number of pyridine rings is 1. The van der Waals surface area contributed by atoms with Gasteiger partial charge in [-0.2, -0.15) is 0 Å². The van der Waals surface area contributed by atoms with E-state index in [1.807, 2.05) is 59.6 Å². The summed E-state index contributed by atoms with van der Waals surface area (Å²) in [7, 11) is 0. The van der Waals surface area contributed by atoms with Gasteiger partial charge in [-0.05, 0) is 60.8 Å². The number of hydrogen-bond acceptors (Lipinski definition) is 6. The normalized spacial score (nSPS) is 14.0. The van der Waals surface area contributed by atoms with Crippen molar-refractivity contribution in [1.82, 2.24) is 14.8 Å². The van der Waals surface area contributed by atoms with Crippen LogP contribution < -0.4 is 9.46 Å². The highest BCUT2D eigenvalue weighted by atomic mass is 32.2. The maximum Gasteiger partial charge on any atom is 0.253 e. The molecule has 1 aromatic heterocycles. The first kappa shape index (κ1) is 25.1. The lowest BCUT2D eigenvalue weighted by molar-refractivity contribution is 0.0627. The number of carbonyl (C=O) groups is 1. The summed E-state index contributed by atoms with van der Waals surface area (Å²) in [6, 6.07) is 26.1.